The summed E-state index contributed by atoms with van der Waals surface area (Å²) in [6, 6.07) is 7.06. The molecule has 0 bridgehead atoms. The molecule has 2 aromatic rings. The molecule has 1 unspecified atom stereocenters. The number of unbranched alkanes of at least 4 members (excludes halogenated alkanes) is 2. The summed E-state index contributed by atoms with van der Waals surface area (Å²) in [5.74, 6) is 0.642. The Morgan fingerprint density at radius 1 is 1.19 bits per heavy atom. The van der Waals surface area contributed by atoms with Gasteiger partial charge in [-0.2, -0.15) is 0 Å². The summed E-state index contributed by atoms with van der Waals surface area (Å²) in [5.41, 5.74) is 0.603. The number of fused-ring (bicyclic) bond motifs is 1. The van der Waals surface area contributed by atoms with Gasteiger partial charge in [-0.25, -0.2) is 9.78 Å². The highest BCUT2D eigenvalue weighted by Crippen LogP contribution is 2.24. The maximum Gasteiger partial charge on any atom is 0.318 e. The third-order valence-corrected chi connectivity index (χ3v) is 4.90. The summed E-state index contributed by atoms with van der Waals surface area (Å²) in [5, 5.41) is 3.62. The van der Waals surface area contributed by atoms with Crippen molar-refractivity contribution in [2.24, 2.45) is 7.05 Å². The summed E-state index contributed by atoms with van der Waals surface area (Å²) < 4.78 is 1.59. The van der Waals surface area contributed by atoms with E-state index in [0.29, 0.717) is 36.2 Å². The van der Waals surface area contributed by atoms with Crippen LogP contribution in [0, 0.1) is 0 Å². The number of nitrogens with one attached hydrogen (secondary N) is 1. The van der Waals surface area contributed by atoms with Gasteiger partial charge >= 0.3 is 6.03 Å². The molecule has 1 heterocycles. The van der Waals surface area contributed by atoms with Gasteiger partial charge in [-0.15, -0.1) is 0 Å². The Bertz CT molecular complexity index is 815. The number of carbonyl (C=O) groups is 1. The molecule has 0 radical (unpaired) electrons. The first-order valence-electron chi connectivity index (χ1n) is 10.0. The molecule has 0 aliphatic rings. The Balaban J connectivity index is 2.43. The van der Waals surface area contributed by atoms with Gasteiger partial charge in [0.15, 0.2) is 0 Å². The van der Waals surface area contributed by atoms with Crippen molar-refractivity contribution in [2.75, 3.05) is 13.1 Å². The molecule has 148 valence electrons. The number of nitrogens with zero attached hydrogens (tertiary/aromatic N) is 3. The Morgan fingerprint density at radius 3 is 2.56 bits per heavy atom. The Hall–Kier alpha value is -2.37. The largest absolute Gasteiger partial charge is 0.338 e. The molecule has 1 aromatic heterocycles. The lowest BCUT2D eigenvalue weighted by molar-refractivity contribution is 0.166. The summed E-state index contributed by atoms with van der Waals surface area (Å²) in [7, 11) is 1.74. The molecule has 0 spiro atoms. The average Bonchev–Trinajstić information content (AvgIpc) is 2.68. The van der Waals surface area contributed by atoms with E-state index in [0.717, 1.165) is 25.7 Å². The predicted octanol–water partition coefficient (Wildman–Crippen LogP) is 4.00. The Labute approximate surface area is 161 Å². The van der Waals surface area contributed by atoms with Crippen LogP contribution in [-0.4, -0.2) is 33.6 Å². The number of amides is 2. The van der Waals surface area contributed by atoms with Gasteiger partial charge < -0.3 is 10.2 Å². The molecule has 0 saturated heterocycles. The average molecular weight is 373 g/mol. The third kappa shape index (κ3) is 4.87. The van der Waals surface area contributed by atoms with Gasteiger partial charge in [0.2, 0.25) is 0 Å². The maximum absolute atomic E-state index is 12.9. The van der Waals surface area contributed by atoms with E-state index in [1.165, 1.54) is 0 Å². The first-order valence-corrected chi connectivity index (χ1v) is 10.0. The number of carbonyl (C=O) groups excluding carboxylic acids is 1. The minimum atomic E-state index is -0.236. The zero-order valence-corrected chi connectivity index (χ0v) is 17.0. The van der Waals surface area contributed by atoms with Gasteiger partial charge in [-0.1, -0.05) is 45.7 Å². The Morgan fingerprint density at radius 2 is 1.89 bits per heavy atom. The zero-order valence-electron chi connectivity index (χ0n) is 17.0. The number of hydrogen-bond acceptors (Lipinski definition) is 3. The summed E-state index contributed by atoms with van der Waals surface area (Å²) in [4.78, 5) is 32.2. The molecular weight excluding hydrogens is 340 g/mol. The van der Waals surface area contributed by atoms with Crippen molar-refractivity contribution < 1.29 is 4.79 Å². The van der Waals surface area contributed by atoms with Crippen molar-refractivity contribution in [1.82, 2.24) is 19.8 Å². The van der Waals surface area contributed by atoms with E-state index in [1.807, 2.05) is 30.0 Å². The van der Waals surface area contributed by atoms with Crippen LogP contribution in [0.25, 0.3) is 10.9 Å². The number of aromatic nitrogens is 2. The molecule has 2 amide bonds. The normalized spacial score (nSPS) is 12.1. The zero-order chi connectivity index (χ0) is 19.8. The number of urea groups is 1. The fraction of sp³-hybridized carbons (Fsp3) is 0.571. The fourth-order valence-electron chi connectivity index (χ4n) is 3.28. The van der Waals surface area contributed by atoms with E-state index >= 15 is 0 Å². The molecule has 0 aliphatic heterocycles. The number of para-hydroxylation sites is 1. The molecule has 0 aliphatic carbocycles. The van der Waals surface area contributed by atoms with E-state index < -0.39 is 0 Å². The SMILES string of the molecule is CCCCNC(=O)N(CCCC)C(CC)c1nc2ccccc2c(=O)n1C. The van der Waals surface area contributed by atoms with Gasteiger partial charge in [0.25, 0.3) is 5.56 Å². The van der Waals surface area contributed by atoms with Crippen molar-refractivity contribution in [2.45, 2.75) is 58.9 Å². The highest BCUT2D eigenvalue weighted by molar-refractivity contribution is 5.78. The molecule has 1 atom stereocenters. The van der Waals surface area contributed by atoms with E-state index in [-0.39, 0.29) is 17.6 Å². The predicted molar refractivity (Wildman–Crippen MR) is 110 cm³/mol. The lowest BCUT2D eigenvalue weighted by atomic mass is 10.1. The van der Waals surface area contributed by atoms with Gasteiger partial charge in [-0.05, 0) is 31.4 Å². The first-order chi connectivity index (χ1) is 13.0. The number of rotatable bonds is 9. The van der Waals surface area contributed by atoms with Gasteiger partial charge in [0.05, 0.1) is 16.9 Å². The van der Waals surface area contributed by atoms with Crippen LogP contribution in [-0.2, 0) is 7.05 Å². The van der Waals surface area contributed by atoms with Crippen molar-refractivity contribution >= 4 is 16.9 Å². The molecule has 6 heteroatoms. The summed E-state index contributed by atoms with van der Waals surface area (Å²) in [6.45, 7) is 7.56. The van der Waals surface area contributed by atoms with Gasteiger partial charge in [0.1, 0.15) is 5.82 Å². The molecule has 1 N–H and O–H groups in total. The van der Waals surface area contributed by atoms with Crippen LogP contribution in [0.4, 0.5) is 4.79 Å². The standard InChI is InChI=1S/C21H32N4O2/c1-5-8-14-22-21(27)25(15-9-6-2)18(7-3)19-23-17-13-11-10-12-16(17)20(26)24(19)4/h10-13,18H,5-9,14-15H2,1-4H3,(H,22,27). The van der Waals surface area contributed by atoms with Crippen LogP contribution in [0.15, 0.2) is 29.1 Å². The molecular formula is C21H32N4O2. The second-order valence-electron chi connectivity index (χ2n) is 6.91. The van der Waals surface area contributed by atoms with Crippen LogP contribution >= 0.6 is 0 Å². The molecule has 2 rings (SSSR count). The minimum Gasteiger partial charge on any atom is -0.338 e. The monoisotopic (exact) mass is 372 g/mol. The van der Waals surface area contributed by atoms with Crippen LogP contribution in [0.2, 0.25) is 0 Å². The highest BCUT2D eigenvalue weighted by Gasteiger charge is 2.27. The maximum atomic E-state index is 12.9. The summed E-state index contributed by atoms with van der Waals surface area (Å²) >= 11 is 0. The van der Waals surface area contributed by atoms with Gasteiger partial charge in [-0.3, -0.25) is 9.36 Å². The van der Waals surface area contributed by atoms with Crippen molar-refractivity contribution in [3.8, 4) is 0 Å². The first kappa shape index (κ1) is 20.9. The molecule has 1 aromatic carbocycles. The highest BCUT2D eigenvalue weighted by atomic mass is 16.2. The van der Waals surface area contributed by atoms with E-state index in [1.54, 1.807) is 17.7 Å². The number of benzene rings is 1. The Kier molecular flexibility index (Phi) is 7.82. The molecule has 6 nitrogen and oxygen atoms in total. The van der Waals surface area contributed by atoms with E-state index in [2.05, 4.69) is 19.2 Å². The minimum absolute atomic E-state index is 0.0733. The van der Waals surface area contributed by atoms with Crippen molar-refractivity contribution in [1.29, 1.82) is 0 Å². The summed E-state index contributed by atoms with van der Waals surface area (Å²) in [6.07, 6.45) is 4.60. The second-order valence-corrected chi connectivity index (χ2v) is 6.91. The van der Waals surface area contributed by atoms with Crippen LogP contribution < -0.4 is 10.9 Å². The topological polar surface area (TPSA) is 67.2 Å². The van der Waals surface area contributed by atoms with Crippen molar-refractivity contribution in [3.05, 3.63) is 40.4 Å². The van der Waals surface area contributed by atoms with E-state index in [4.69, 9.17) is 4.98 Å². The van der Waals surface area contributed by atoms with Gasteiger partial charge in [0, 0.05) is 20.1 Å². The third-order valence-electron chi connectivity index (χ3n) is 4.90. The van der Waals surface area contributed by atoms with Crippen LogP contribution in [0.5, 0.6) is 0 Å². The smallest absolute Gasteiger partial charge is 0.318 e. The second kappa shape index (κ2) is 10.1. The quantitative estimate of drug-likeness (QED) is 0.677. The molecule has 0 fully saturated rings. The van der Waals surface area contributed by atoms with Crippen LogP contribution in [0.1, 0.15) is 64.7 Å². The molecule has 27 heavy (non-hydrogen) atoms. The lowest BCUT2D eigenvalue weighted by Crippen LogP contribution is -2.44. The van der Waals surface area contributed by atoms with Crippen molar-refractivity contribution in [3.63, 3.8) is 0 Å². The molecule has 0 saturated carbocycles. The fourth-order valence-corrected chi connectivity index (χ4v) is 3.28. The number of hydrogen-bond donors (Lipinski definition) is 1. The lowest BCUT2D eigenvalue weighted by Gasteiger charge is -2.32. The van der Waals surface area contributed by atoms with Crippen LogP contribution in [0.3, 0.4) is 0 Å². The van der Waals surface area contributed by atoms with E-state index in [9.17, 15) is 9.59 Å².